The van der Waals surface area contributed by atoms with Gasteiger partial charge in [0, 0.05) is 31.4 Å². The van der Waals surface area contributed by atoms with Gasteiger partial charge in [0.2, 0.25) is 5.95 Å². The molecule has 7 heteroatoms. The minimum atomic E-state index is -0.346. The number of hydrogen-bond donors (Lipinski definition) is 0. The summed E-state index contributed by atoms with van der Waals surface area (Å²) in [6, 6.07) is 11.1. The van der Waals surface area contributed by atoms with Crippen molar-refractivity contribution >= 4 is 17.7 Å². The van der Waals surface area contributed by atoms with Crippen LogP contribution in [0.15, 0.2) is 53.7 Å². The summed E-state index contributed by atoms with van der Waals surface area (Å²) in [6.45, 7) is 4.27. The van der Waals surface area contributed by atoms with Gasteiger partial charge in [0.25, 0.3) is 0 Å². The van der Waals surface area contributed by atoms with Gasteiger partial charge in [-0.3, -0.25) is 0 Å². The van der Waals surface area contributed by atoms with Gasteiger partial charge in [-0.2, -0.15) is 0 Å². The Morgan fingerprint density at radius 2 is 1.97 bits per heavy atom. The van der Waals surface area contributed by atoms with E-state index in [1.54, 1.807) is 17.8 Å². The molecule has 3 aromatic rings. The van der Waals surface area contributed by atoms with Gasteiger partial charge in [0.05, 0.1) is 11.5 Å². The van der Waals surface area contributed by atoms with E-state index in [4.69, 9.17) is 9.47 Å². The number of fused-ring (bicyclic) bond motifs is 1. The number of halogens is 1. The number of nitrogens with zero attached hydrogens (tertiary/aromatic N) is 3. The second-order valence-electron chi connectivity index (χ2n) is 7.87. The molecule has 5 nitrogen and oxygen atoms in total. The molecule has 0 radical (unpaired) electrons. The van der Waals surface area contributed by atoms with Crippen LogP contribution >= 0.6 is 11.8 Å². The number of hydrogen-bond acceptors (Lipinski definition) is 6. The highest BCUT2D eigenvalue weighted by atomic mass is 32.2. The van der Waals surface area contributed by atoms with Crippen LogP contribution in [0.25, 0.3) is 11.1 Å². The third-order valence-corrected chi connectivity index (χ3v) is 6.66. The van der Waals surface area contributed by atoms with Crippen molar-refractivity contribution in [3.05, 3.63) is 60.2 Å². The average molecular weight is 438 g/mol. The van der Waals surface area contributed by atoms with E-state index in [1.165, 1.54) is 6.07 Å². The van der Waals surface area contributed by atoms with Gasteiger partial charge in [-0.1, -0.05) is 30.8 Å². The molecular formula is C24H24FN3O2S. The molecule has 1 atom stereocenters. The highest BCUT2D eigenvalue weighted by molar-refractivity contribution is 7.99. The van der Waals surface area contributed by atoms with Crippen molar-refractivity contribution in [3.63, 3.8) is 0 Å². The third kappa shape index (κ3) is 4.32. The zero-order chi connectivity index (χ0) is 21.2. The van der Waals surface area contributed by atoms with Crippen molar-refractivity contribution in [1.29, 1.82) is 0 Å². The number of ether oxygens (including phenoxy) is 2. The Balaban J connectivity index is 1.20. The van der Waals surface area contributed by atoms with E-state index in [2.05, 4.69) is 21.8 Å². The van der Waals surface area contributed by atoms with Crippen LogP contribution in [0.5, 0.6) is 11.5 Å². The van der Waals surface area contributed by atoms with E-state index in [9.17, 15) is 4.39 Å². The summed E-state index contributed by atoms with van der Waals surface area (Å²) in [4.78, 5) is 12.2. The van der Waals surface area contributed by atoms with Gasteiger partial charge < -0.3 is 14.4 Å². The summed E-state index contributed by atoms with van der Waals surface area (Å²) in [6.07, 6.45) is 5.68. The molecule has 0 N–H and O–H groups in total. The normalized spacial score (nSPS) is 17.5. The standard InChI is InChI=1S/C24H24FN3O2S/c1-2-16-11-26-24(27-12-16)28-8-7-17(13-28)14-29-21-5-3-18(9-20(21)25)19-4-6-23-22(10-19)30-15-31-23/h3-6,9-12,17H,2,7-8,13-15H2,1H3/t17-/m1/s1. The molecule has 160 valence electrons. The van der Waals surface area contributed by atoms with Gasteiger partial charge in [0.1, 0.15) is 11.7 Å². The Bertz CT molecular complexity index is 1080. The van der Waals surface area contributed by atoms with Crippen molar-refractivity contribution in [1.82, 2.24) is 9.97 Å². The van der Waals surface area contributed by atoms with Crippen molar-refractivity contribution in [2.45, 2.75) is 24.7 Å². The number of anilines is 1. The Morgan fingerprint density at radius 3 is 2.77 bits per heavy atom. The number of aromatic nitrogens is 2. The van der Waals surface area contributed by atoms with Crippen LogP contribution in [0.4, 0.5) is 10.3 Å². The van der Waals surface area contributed by atoms with Crippen LogP contribution in [0.3, 0.4) is 0 Å². The predicted molar refractivity (Wildman–Crippen MR) is 120 cm³/mol. The van der Waals surface area contributed by atoms with Crippen molar-refractivity contribution in [2.75, 3.05) is 30.5 Å². The Hall–Kier alpha value is -2.80. The fraction of sp³-hybridized carbons (Fsp3) is 0.333. The van der Waals surface area contributed by atoms with Crippen molar-refractivity contribution in [2.24, 2.45) is 5.92 Å². The molecule has 0 saturated carbocycles. The van der Waals surface area contributed by atoms with Crippen LogP contribution in [-0.4, -0.2) is 35.6 Å². The fourth-order valence-electron chi connectivity index (χ4n) is 3.93. The quantitative estimate of drug-likeness (QED) is 0.529. The van der Waals surface area contributed by atoms with Crippen molar-refractivity contribution < 1.29 is 13.9 Å². The minimum Gasteiger partial charge on any atom is -0.490 e. The number of aryl methyl sites for hydroxylation is 1. The van der Waals surface area contributed by atoms with Gasteiger partial charge in [-0.15, -0.1) is 0 Å². The molecule has 0 unspecified atom stereocenters. The molecule has 2 aliphatic heterocycles. The SMILES string of the molecule is CCc1cnc(N2CC[C@@H](COc3ccc(-c4ccc5c(c4)OCS5)cc3F)C2)nc1. The fourth-order valence-corrected chi connectivity index (χ4v) is 4.66. The number of thioether (sulfide) groups is 1. The van der Waals surface area contributed by atoms with Crippen LogP contribution < -0.4 is 14.4 Å². The third-order valence-electron chi connectivity index (χ3n) is 5.78. The van der Waals surface area contributed by atoms with E-state index in [0.717, 1.165) is 59.2 Å². The van der Waals surface area contributed by atoms with Crippen LogP contribution in [-0.2, 0) is 6.42 Å². The van der Waals surface area contributed by atoms with Crippen LogP contribution in [0, 0.1) is 11.7 Å². The van der Waals surface area contributed by atoms with Crippen molar-refractivity contribution in [3.8, 4) is 22.6 Å². The first-order chi connectivity index (χ1) is 15.2. The zero-order valence-corrected chi connectivity index (χ0v) is 18.2. The largest absolute Gasteiger partial charge is 0.490 e. The molecule has 0 aliphatic carbocycles. The lowest BCUT2D eigenvalue weighted by Crippen LogP contribution is -2.23. The maximum Gasteiger partial charge on any atom is 0.225 e. The highest BCUT2D eigenvalue weighted by Crippen LogP contribution is 2.39. The lowest BCUT2D eigenvalue weighted by Gasteiger charge is -2.17. The summed E-state index contributed by atoms with van der Waals surface area (Å²) in [5, 5.41) is 0. The molecular weight excluding hydrogens is 413 g/mol. The molecule has 0 bridgehead atoms. The Morgan fingerprint density at radius 1 is 1.16 bits per heavy atom. The molecule has 0 amide bonds. The summed E-state index contributed by atoms with van der Waals surface area (Å²) in [7, 11) is 0. The molecule has 1 aromatic heterocycles. The van der Waals surface area contributed by atoms with Gasteiger partial charge in [0.15, 0.2) is 11.6 Å². The average Bonchev–Trinajstić information content (AvgIpc) is 3.47. The van der Waals surface area contributed by atoms with Crippen LogP contribution in [0.1, 0.15) is 18.9 Å². The van der Waals surface area contributed by atoms with E-state index in [1.807, 2.05) is 36.7 Å². The Kier molecular flexibility index (Phi) is 5.68. The second kappa shape index (κ2) is 8.75. The number of rotatable bonds is 6. The lowest BCUT2D eigenvalue weighted by molar-refractivity contribution is 0.250. The first-order valence-corrected chi connectivity index (χ1v) is 11.6. The lowest BCUT2D eigenvalue weighted by atomic mass is 10.0. The summed E-state index contributed by atoms with van der Waals surface area (Å²) in [5.74, 6) is 2.52. The molecule has 5 rings (SSSR count). The molecule has 1 saturated heterocycles. The van der Waals surface area contributed by atoms with Gasteiger partial charge in [-0.05, 0) is 53.8 Å². The van der Waals surface area contributed by atoms with Gasteiger partial charge >= 0.3 is 0 Å². The second-order valence-corrected chi connectivity index (χ2v) is 8.83. The first kappa shape index (κ1) is 20.1. The smallest absolute Gasteiger partial charge is 0.225 e. The maximum atomic E-state index is 14.7. The first-order valence-electron chi connectivity index (χ1n) is 10.6. The molecule has 0 spiro atoms. The Labute approximate surface area is 185 Å². The monoisotopic (exact) mass is 437 g/mol. The molecule has 31 heavy (non-hydrogen) atoms. The molecule has 1 fully saturated rings. The van der Waals surface area contributed by atoms with Crippen LogP contribution in [0.2, 0.25) is 0 Å². The topological polar surface area (TPSA) is 47.5 Å². The summed E-state index contributed by atoms with van der Waals surface area (Å²) < 4.78 is 26.1. The number of benzene rings is 2. The van der Waals surface area contributed by atoms with E-state index in [-0.39, 0.29) is 5.82 Å². The molecule has 3 heterocycles. The van der Waals surface area contributed by atoms with E-state index in [0.29, 0.717) is 24.2 Å². The van der Waals surface area contributed by atoms with E-state index < -0.39 is 0 Å². The maximum absolute atomic E-state index is 14.7. The molecule has 2 aliphatic rings. The summed E-state index contributed by atoms with van der Waals surface area (Å²) in [5.41, 5.74) is 2.88. The van der Waals surface area contributed by atoms with Gasteiger partial charge in [-0.25, -0.2) is 14.4 Å². The highest BCUT2D eigenvalue weighted by Gasteiger charge is 2.25. The van der Waals surface area contributed by atoms with E-state index >= 15 is 0 Å². The summed E-state index contributed by atoms with van der Waals surface area (Å²) >= 11 is 1.67. The zero-order valence-electron chi connectivity index (χ0n) is 17.4. The predicted octanol–water partition coefficient (Wildman–Crippen LogP) is 5.19. The minimum absolute atomic E-state index is 0.290. The molecule has 2 aromatic carbocycles.